The first-order chi connectivity index (χ1) is 18.0. The van der Waals surface area contributed by atoms with E-state index in [0.717, 1.165) is 23.4 Å². The van der Waals surface area contributed by atoms with Crippen LogP contribution in [0.3, 0.4) is 0 Å². The summed E-state index contributed by atoms with van der Waals surface area (Å²) in [5.74, 6) is 1.09. The van der Waals surface area contributed by atoms with Gasteiger partial charge in [0.1, 0.15) is 18.0 Å². The maximum atomic E-state index is 12.9. The molecule has 12 nitrogen and oxygen atoms in total. The molecule has 8 rings (SSSR count). The number of nitrogen functional groups attached to an aromatic ring is 1. The number of aromatic amines is 1. The van der Waals surface area contributed by atoms with Crippen molar-refractivity contribution in [3.05, 3.63) is 47.9 Å². The first kappa shape index (κ1) is 21.9. The number of nitrogens with zero attached hydrogens (tertiary/aromatic N) is 7. The molecule has 2 aliphatic carbocycles. The minimum absolute atomic E-state index is 0.000260. The van der Waals surface area contributed by atoms with Crippen molar-refractivity contribution in [1.29, 1.82) is 0 Å². The van der Waals surface area contributed by atoms with Gasteiger partial charge >= 0.3 is 0 Å². The van der Waals surface area contributed by atoms with Crippen LogP contribution in [0.1, 0.15) is 71.6 Å². The van der Waals surface area contributed by atoms with Gasteiger partial charge in [-0.15, -0.1) is 10.2 Å². The number of pyridine rings is 1. The third-order valence-electron chi connectivity index (χ3n) is 7.75. The Labute approximate surface area is 211 Å². The van der Waals surface area contributed by atoms with E-state index in [4.69, 9.17) is 10.7 Å². The van der Waals surface area contributed by atoms with Crippen LogP contribution in [0.4, 0.5) is 11.6 Å². The number of nitrogens with one attached hydrogen (secondary N) is 2. The lowest BCUT2D eigenvalue weighted by Gasteiger charge is -2.55. The fraction of sp³-hybridized carbons (Fsp3) is 0.400. The highest BCUT2D eigenvalue weighted by molar-refractivity contribution is 6.00. The van der Waals surface area contributed by atoms with Crippen molar-refractivity contribution in [3.8, 4) is 11.1 Å². The fourth-order valence-corrected chi connectivity index (χ4v) is 5.83. The Kier molecular flexibility index (Phi) is 4.78. The zero-order valence-electron chi connectivity index (χ0n) is 20.3. The molecule has 4 aliphatic rings. The van der Waals surface area contributed by atoms with E-state index in [1.54, 1.807) is 12.4 Å². The lowest BCUT2D eigenvalue weighted by atomic mass is 9.71. The van der Waals surface area contributed by atoms with Crippen LogP contribution < -0.4 is 11.1 Å². The van der Waals surface area contributed by atoms with Gasteiger partial charge in [0.25, 0.3) is 5.91 Å². The lowest BCUT2D eigenvalue weighted by Crippen LogP contribution is -2.62. The number of H-pyrrole nitrogens is 1. The second kappa shape index (κ2) is 8.08. The molecule has 12 heteroatoms. The number of anilines is 2. The van der Waals surface area contributed by atoms with E-state index in [1.165, 1.54) is 30.6 Å². The Morgan fingerprint density at radius 3 is 2.59 bits per heavy atom. The van der Waals surface area contributed by atoms with Gasteiger partial charge in [0.15, 0.2) is 11.4 Å². The van der Waals surface area contributed by atoms with Crippen LogP contribution in [0.2, 0.25) is 0 Å². The second-order valence-electron chi connectivity index (χ2n) is 10.2. The number of hydrogen-bond donors (Lipinski definition) is 3. The van der Waals surface area contributed by atoms with Crippen molar-refractivity contribution >= 4 is 29.0 Å². The molecule has 2 saturated heterocycles. The van der Waals surface area contributed by atoms with Gasteiger partial charge in [-0.3, -0.25) is 9.59 Å². The molecule has 4 aromatic heterocycles. The molecule has 188 valence electrons. The minimum atomic E-state index is -0.148. The van der Waals surface area contributed by atoms with E-state index < -0.39 is 0 Å². The zero-order chi connectivity index (χ0) is 25.3. The Morgan fingerprint density at radius 2 is 1.95 bits per heavy atom. The Morgan fingerprint density at radius 1 is 1.14 bits per heavy atom. The highest BCUT2D eigenvalue weighted by atomic mass is 16.2. The predicted octanol–water partition coefficient (Wildman–Crippen LogP) is 2.43. The summed E-state index contributed by atoms with van der Waals surface area (Å²) in [7, 11) is 0. The van der Waals surface area contributed by atoms with Crippen LogP contribution in [0.15, 0.2) is 30.9 Å². The Balaban J connectivity index is 1.23. The van der Waals surface area contributed by atoms with Crippen molar-refractivity contribution in [3.63, 3.8) is 0 Å². The summed E-state index contributed by atoms with van der Waals surface area (Å²) in [5.41, 5.74) is 9.88. The number of piperidine rings is 1. The monoisotopic (exact) mass is 498 g/mol. The van der Waals surface area contributed by atoms with Gasteiger partial charge in [0.05, 0.1) is 17.5 Å². The van der Waals surface area contributed by atoms with Gasteiger partial charge in [0.2, 0.25) is 5.82 Å². The fourth-order valence-electron chi connectivity index (χ4n) is 5.83. The predicted molar refractivity (Wildman–Crippen MR) is 134 cm³/mol. The molecule has 6 heterocycles. The summed E-state index contributed by atoms with van der Waals surface area (Å²) in [6.45, 7) is 1.51. The number of Topliss-reactive ketones (excluding diaryl/α,β-unsaturated/α-hetero) is 1. The number of nitrogens with two attached hydrogens (primary N) is 1. The summed E-state index contributed by atoms with van der Waals surface area (Å²) in [4.78, 5) is 39.8. The van der Waals surface area contributed by atoms with Crippen molar-refractivity contribution in [2.75, 3.05) is 11.1 Å². The second-order valence-corrected chi connectivity index (χ2v) is 10.2. The number of aromatic nitrogens is 7. The molecule has 0 aromatic carbocycles. The number of carbonyl (C=O) groups excluding carboxylic acids is 2. The third-order valence-corrected chi connectivity index (χ3v) is 7.75. The van der Waals surface area contributed by atoms with Gasteiger partial charge in [-0.05, 0) is 51.2 Å². The molecule has 2 bridgehead atoms. The standard InChI is InChI=1S/C25H26N10O2/c1-12(36)20-21(14-6-16-8-17(7-14)34(16)25(37)23-28-11-29-33-23)32-24-18(10-30-35(24)22(20)26)13-2-5-19(27-9-13)31-15-3-4-15/h2,5,9-11,14-17H,3-4,6-8,26H2,1H3,(H,27,31)(H,28,29,33). The minimum Gasteiger partial charge on any atom is -0.383 e. The average molecular weight is 499 g/mol. The van der Waals surface area contributed by atoms with Gasteiger partial charge in [0, 0.05) is 41.4 Å². The Bertz CT molecular complexity index is 1510. The summed E-state index contributed by atoms with van der Waals surface area (Å²) in [6, 6.07) is 4.59. The van der Waals surface area contributed by atoms with E-state index in [2.05, 4.69) is 30.6 Å². The topological polar surface area (TPSA) is 160 Å². The van der Waals surface area contributed by atoms with Crippen molar-refractivity contribution in [2.45, 2.75) is 63.1 Å². The van der Waals surface area contributed by atoms with Crippen molar-refractivity contribution in [2.24, 2.45) is 0 Å². The van der Waals surface area contributed by atoms with Crippen LogP contribution in [0.25, 0.3) is 16.8 Å². The molecule has 4 aromatic rings. The molecule has 2 aliphatic heterocycles. The van der Waals surface area contributed by atoms with Crippen LogP contribution in [-0.4, -0.2) is 69.5 Å². The van der Waals surface area contributed by atoms with Gasteiger partial charge in [-0.25, -0.2) is 9.97 Å². The van der Waals surface area contributed by atoms with E-state index in [0.29, 0.717) is 35.8 Å². The molecule has 37 heavy (non-hydrogen) atoms. The van der Waals surface area contributed by atoms with Gasteiger partial charge in [-0.1, -0.05) is 0 Å². The smallest absolute Gasteiger partial charge is 0.292 e. The molecule has 2 saturated carbocycles. The quantitative estimate of drug-likeness (QED) is 0.339. The number of carbonyl (C=O) groups is 2. The van der Waals surface area contributed by atoms with Crippen LogP contribution in [-0.2, 0) is 0 Å². The molecule has 1 amide bonds. The number of ketones is 1. The normalized spacial score (nSPS) is 22.6. The lowest BCUT2D eigenvalue weighted by molar-refractivity contribution is -0.0203. The molecule has 4 N–H and O–H groups in total. The third kappa shape index (κ3) is 3.54. The molecule has 4 fully saturated rings. The Hall–Kier alpha value is -4.35. The molecule has 2 unspecified atom stereocenters. The van der Waals surface area contributed by atoms with Gasteiger partial charge in [-0.2, -0.15) is 9.61 Å². The number of hydrogen-bond acceptors (Lipinski definition) is 9. The van der Waals surface area contributed by atoms with Crippen LogP contribution in [0, 0.1) is 0 Å². The summed E-state index contributed by atoms with van der Waals surface area (Å²) < 4.78 is 1.54. The van der Waals surface area contributed by atoms with Crippen LogP contribution >= 0.6 is 0 Å². The van der Waals surface area contributed by atoms with Crippen molar-refractivity contribution < 1.29 is 9.59 Å². The van der Waals surface area contributed by atoms with Crippen LogP contribution in [0.5, 0.6) is 0 Å². The molecule has 2 atom stereocenters. The number of rotatable bonds is 6. The van der Waals surface area contributed by atoms with E-state index in [-0.39, 0.29) is 41.3 Å². The maximum absolute atomic E-state index is 12.9. The van der Waals surface area contributed by atoms with E-state index >= 15 is 0 Å². The first-order valence-corrected chi connectivity index (χ1v) is 12.6. The van der Waals surface area contributed by atoms with E-state index in [9.17, 15) is 9.59 Å². The maximum Gasteiger partial charge on any atom is 0.292 e. The zero-order valence-corrected chi connectivity index (χ0v) is 20.3. The molecular formula is C25H26N10O2. The van der Waals surface area contributed by atoms with E-state index in [1.807, 2.05) is 17.0 Å². The first-order valence-electron chi connectivity index (χ1n) is 12.6. The average Bonchev–Trinajstić information content (AvgIpc) is 3.35. The molecule has 0 radical (unpaired) electrons. The summed E-state index contributed by atoms with van der Waals surface area (Å²) in [5, 5.41) is 15.4. The van der Waals surface area contributed by atoms with Crippen molar-refractivity contribution in [1.82, 2.24) is 39.7 Å². The number of amides is 1. The molecular weight excluding hydrogens is 472 g/mol. The number of fused-ring (bicyclic) bond motifs is 3. The summed E-state index contributed by atoms with van der Waals surface area (Å²) >= 11 is 0. The summed E-state index contributed by atoms with van der Waals surface area (Å²) in [6.07, 6.45) is 9.61. The largest absolute Gasteiger partial charge is 0.383 e. The van der Waals surface area contributed by atoms with Gasteiger partial charge < -0.3 is 20.9 Å². The molecule has 0 spiro atoms. The SMILES string of the molecule is CC(=O)c1c(C2CC3CC(C2)N3C(=O)c2nnc[nH]2)nc2c(-c3ccc(NC4CC4)nc3)cnn2c1N. The highest BCUT2D eigenvalue weighted by Gasteiger charge is 2.49. The highest BCUT2D eigenvalue weighted by Crippen LogP contribution is 2.47.